The Morgan fingerprint density at radius 1 is 1.27 bits per heavy atom. The Balaban J connectivity index is 2.41. The first kappa shape index (κ1) is 16.6. The number of hydrogen-bond donors (Lipinski definition) is 2. The van der Waals surface area contributed by atoms with Gasteiger partial charge >= 0.3 is 0 Å². The lowest BCUT2D eigenvalue weighted by atomic mass is 10.2. The highest BCUT2D eigenvalue weighted by Gasteiger charge is 2.20. The van der Waals surface area contributed by atoms with Crippen LogP contribution in [0.2, 0.25) is 0 Å². The summed E-state index contributed by atoms with van der Waals surface area (Å²) in [5, 5.41) is 6.65. The molecular formula is C14H20N4O3S. The summed E-state index contributed by atoms with van der Waals surface area (Å²) >= 11 is 1.34. The third-order valence-corrected chi connectivity index (χ3v) is 4.32. The average molecular weight is 324 g/mol. The third-order valence-electron chi connectivity index (χ3n) is 3.14. The molecule has 0 aliphatic rings. The molecular weight excluding hydrogens is 304 g/mol. The first-order valence-electron chi connectivity index (χ1n) is 6.88. The molecule has 0 atom stereocenters. The lowest BCUT2D eigenvalue weighted by Crippen LogP contribution is -2.30. The highest BCUT2D eigenvalue weighted by Crippen LogP contribution is 2.34. The number of methoxy groups -OCH3 is 2. The fourth-order valence-electron chi connectivity index (χ4n) is 2.08. The maximum atomic E-state index is 12.3. The molecule has 0 bridgehead atoms. The maximum absolute atomic E-state index is 12.3. The minimum absolute atomic E-state index is 0.105. The highest BCUT2D eigenvalue weighted by atomic mass is 32.1. The number of ether oxygens (including phenoxy) is 2. The van der Waals surface area contributed by atoms with E-state index in [1.54, 1.807) is 14.2 Å². The topological polar surface area (TPSA) is 85.4 Å². The molecule has 0 saturated heterocycles. The number of amides is 1. The van der Waals surface area contributed by atoms with Crippen molar-refractivity contribution in [3.63, 3.8) is 0 Å². The number of likely N-dealkylation sites (N-methyl/N-ethyl adjacent to an activating group) is 1. The largest absolute Gasteiger partial charge is 0.480 e. The van der Waals surface area contributed by atoms with Crippen molar-refractivity contribution in [1.82, 2.24) is 20.6 Å². The Bertz CT molecular complexity index is 672. The van der Waals surface area contributed by atoms with Crippen LogP contribution in [-0.4, -0.2) is 50.2 Å². The molecule has 2 heterocycles. The summed E-state index contributed by atoms with van der Waals surface area (Å²) in [5.41, 5.74) is 0.836. The van der Waals surface area contributed by atoms with Gasteiger partial charge in [-0.05, 0) is 19.5 Å². The zero-order valence-corrected chi connectivity index (χ0v) is 14.0. The number of aryl methyl sites for hydroxylation is 1. The van der Waals surface area contributed by atoms with E-state index in [-0.39, 0.29) is 5.91 Å². The molecule has 2 N–H and O–H groups in total. The number of thiophene rings is 1. The predicted molar refractivity (Wildman–Crippen MR) is 85.7 cm³/mol. The van der Waals surface area contributed by atoms with Gasteiger partial charge in [0, 0.05) is 20.2 Å². The Morgan fingerprint density at radius 2 is 2.05 bits per heavy atom. The summed E-state index contributed by atoms with van der Waals surface area (Å²) in [6, 6.07) is 0. The van der Waals surface area contributed by atoms with Crippen LogP contribution in [0.25, 0.3) is 10.2 Å². The van der Waals surface area contributed by atoms with E-state index in [0.717, 1.165) is 22.3 Å². The summed E-state index contributed by atoms with van der Waals surface area (Å²) in [7, 11) is 4.98. The molecule has 0 aliphatic heterocycles. The van der Waals surface area contributed by atoms with Gasteiger partial charge in [-0.15, -0.1) is 11.3 Å². The molecule has 0 aromatic carbocycles. The number of carbonyl (C=O) groups is 1. The number of rotatable bonds is 7. The van der Waals surface area contributed by atoms with E-state index in [2.05, 4.69) is 20.6 Å². The van der Waals surface area contributed by atoms with Crippen molar-refractivity contribution in [3.05, 3.63) is 16.3 Å². The molecule has 0 spiro atoms. The second-order valence-electron chi connectivity index (χ2n) is 4.68. The van der Waals surface area contributed by atoms with Gasteiger partial charge in [0.1, 0.15) is 11.4 Å². The first-order chi connectivity index (χ1) is 10.6. The van der Waals surface area contributed by atoms with Gasteiger partial charge in [0.2, 0.25) is 5.88 Å². The Hall–Kier alpha value is -1.77. The second-order valence-corrected chi connectivity index (χ2v) is 5.68. The Morgan fingerprint density at radius 3 is 2.68 bits per heavy atom. The van der Waals surface area contributed by atoms with E-state index in [9.17, 15) is 4.79 Å². The van der Waals surface area contributed by atoms with Crippen molar-refractivity contribution >= 4 is 27.5 Å². The van der Waals surface area contributed by atoms with Crippen LogP contribution in [0, 0.1) is 6.92 Å². The van der Waals surface area contributed by atoms with E-state index < -0.39 is 0 Å². The van der Waals surface area contributed by atoms with Gasteiger partial charge in [-0.3, -0.25) is 4.79 Å². The van der Waals surface area contributed by atoms with E-state index >= 15 is 0 Å². The third kappa shape index (κ3) is 3.34. The normalized spacial score (nSPS) is 10.9. The summed E-state index contributed by atoms with van der Waals surface area (Å²) in [4.78, 5) is 22.4. The van der Waals surface area contributed by atoms with Gasteiger partial charge in [-0.2, -0.15) is 4.98 Å². The summed E-state index contributed by atoms with van der Waals surface area (Å²) in [6.07, 6.45) is 0. The van der Waals surface area contributed by atoms with Crippen molar-refractivity contribution in [3.8, 4) is 5.88 Å². The molecule has 0 unspecified atom stereocenters. The smallest absolute Gasteiger partial charge is 0.261 e. The van der Waals surface area contributed by atoms with Crippen LogP contribution in [0.4, 0.5) is 0 Å². The summed E-state index contributed by atoms with van der Waals surface area (Å²) < 4.78 is 10.4. The molecule has 2 aromatic rings. The highest BCUT2D eigenvalue weighted by molar-refractivity contribution is 7.20. The minimum atomic E-state index is -0.105. The monoisotopic (exact) mass is 324 g/mol. The fourth-order valence-corrected chi connectivity index (χ4v) is 3.19. The molecule has 2 rings (SSSR count). The average Bonchev–Trinajstić information content (AvgIpc) is 2.84. The van der Waals surface area contributed by atoms with Crippen molar-refractivity contribution in [2.75, 3.05) is 34.4 Å². The Labute approximate surface area is 133 Å². The standard InChI is InChI=1S/C14H20N4O3S/c1-8-10-13(21-4)17-9(7-20-3)18-14(10)22-11(8)12(19)16-6-5-15-2/h15H,5-7H2,1-4H3,(H,16,19). The van der Waals surface area contributed by atoms with E-state index in [4.69, 9.17) is 9.47 Å². The van der Waals surface area contributed by atoms with Gasteiger partial charge in [0.05, 0.1) is 17.4 Å². The first-order valence-corrected chi connectivity index (χ1v) is 7.69. The van der Waals surface area contributed by atoms with Crippen LogP contribution >= 0.6 is 11.3 Å². The molecule has 22 heavy (non-hydrogen) atoms. The van der Waals surface area contributed by atoms with Crippen molar-refractivity contribution in [2.45, 2.75) is 13.5 Å². The second kappa shape index (κ2) is 7.48. The molecule has 7 nitrogen and oxygen atoms in total. The maximum Gasteiger partial charge on any atom is 0.261 e. The lowest BCUT2D eigenvalue weighted by Gasteiger charge is -2.05. The molecule has 0 fully saturated rings. The zero-order chi connectivity index (χ0) is 16.1. The van der Waals surface area contributed by atoms with Crippen molar-refractivity contribution < 1.29 is 14.3 Å². The Kier molecular flexibility index (Phi) is 5.64. The van der Waals surface area contributed by atoms with Crippen LogP contribution in [-0.2, 0) is 11.3 Å². The van der Waals surface area contributed by atoms with Crippen molar-refractivity contribution in [1.29, 1.82) is 0 Å². The van der Waals surface area contributed by atoms with Gasteiger partial charge < -0.3 is 20.1 Å². The number of carbonyl (C=O) groups excluding carboxylic acids is 1. The molecule has 0 saturated carbocycles. The van der Waals surface area contributed by atoms with Crippen LogP contribution in [0.1, 0.15) is 21.1 Å². The minimum Gasteiger partial charge on any atom is -0.480 e. The number of hydrogen-bond acceptors (Lipinski definition) is 7. The molecule has 120 valence electrons. The molecule has 2 aromatic heterocycles. The SMILES string of the molecule is CNCCNC(=O)c1sc2nc(COC)nc(OC)c2c1C. The molecule has 0 aliphatic carbocycles. The molecule has 1 amide bonds. The number of fused-ring (bicyclic) bond motifs is 1. The van der Waals surface area contributed by atoms with Crippen LogP contribution in [0.5, 0.6) is 5.88 Å². The van der Waals surface area contributed by atoms with E-state index in [1.165, 1.54) is 11.3 Å². The van der Waals surface area contributed by atoms with E-state index in [0.29, 0.717) is 29.7 Å². The van der Waals surface area contributed by atoms with Gasteiger partial charge in [-0.25, -0.2) is 4.98 Å². The van der Waals surface area contributed by atoms with Crippen LogP contribution < -0.4 is 15.4 Å². The quantitative estimate of drug-likeness (QED) is 0.742. The fraction of sp³-hybridized carbons (Fsp3) is 0.500. The lowest BCUT2D eigenvalue weighted by molar-refractivity contribution is 0.0957. The molecule has 0 radical (unpaired) electrons. The van der Waals surface area contributed by atoms with Gasteiger partial charge in [0.25, 0.3) is 5.91 Å². The van der Waals surface area contributed by atoms with Crippen LogP contribution in [0.15, 0.2) is 0 Å². The number of nitrogens with one attached hydrogen (secondary N) is 2. The number of aromatic nitrogens is 2. The molecule has 8 heteroatoms. The summed E-state index contributed by atoms with van der Waals surface area (Å²) in [6.45, 7) is 3.47. The zero-order valence-electron chi connectivity index (χ0n) is 13.1. The number of nitrogens with zero attached hydrogens (tertiary/aromatic N) is 2. The predicted octanol–water partition coefficient (Wildman–Crippen LogP) is 1.10. The summed E-state index contributed by atoms with van der Waals surface area (Å²) in [5.74, 6) is 0.904. The van der Waals surface area contributed by atoms with Gasteiger partial charge in [-0.1, -0.05) is 0 Å². The van der Waals surface area contributed by atoms with Crippen LogP contribution in [0.3, 0.4) is 0 Å². The van der Waals surface area contributed by atoms with E-state index in [1.807, 2.05) is 14.0 Å². The van der Waals surface area contributed by atoms with Gasteiger partial charge in [0.15, 0.2) is 5.82 Å². The van der Waals surface area contributed by atoms with Crippen molar-refractivity contribution in [2.24, 2.45) is 0 Å².